The molecule has 0 aliphatic heterocycles. The summed E-state index contributed by atoms with van der Waals surface area (Å²) >= 11 is 0. The number of hydrogen-bond acceptors (Lipinski definition) is 2. The van der Waals surface area contributed by atoms with E-state index in [0.29, 0.717) is 24.2 Å². The lowest BCUT2D eigenvalue weighted by atomic mass is 10.1. The molecular formula is C12H14FN3O. The summed E-state index contributed by atoms with van der Waals surface area (Å²) in [4.78, 5) is 13.7. The normalized spacial score (nSPS) is 10.7. The van der Waals surface area contributed by atoms with Crippen molar-refractivity contribution in [3.63, 3.8) is 0 Å². The molecule has 2 rings (SSSR count). The van der Waals surface area contributed by atoms with E-state index in [-0.39, 0.29) is 11.7 Å². The number of aromatic nitrogens is 1. The average molecular weight is 235 g/mol. The minimum Gasteiger partial charge on any atom is -0.398 e. The molecule has 0 aliphatic rings. The second-order valence-electron chi connectivity index (χ2n) is 3.96. The van der Waals surface area contributed by atoms with Crippen molar-refractivity contribution in [1.82, 2.24) is 10.3 Å². The van der Waals surface area contributed by atoms with Gasteiger partial charge in [0, 0.05) is 30.7 Å². The molecule has 1 aromatic heterocycles. The van der Waals surface area contributed by atoms with Gasteiger partial charge in [0.25, 0.3) is 0 Å². The molecule has 1 heterocycles. The number of benzene rings is 1. The van der Waals surface area contributed by atoms with Gasteiger partial charge >= 0.3 is 0 Å². The van der Waals surface area contributed by atoms with E-state index >= 15 is 0 Å². The molecular weight excluding hydrogens is 221 g/mol. The van der Waals surface area contributed by atoms with Crippen LogP contribution in [-0.4, -0.2) is 17.4 Å². The van der Waals surface area contributed by atoms with Crippen LogP contribution in [0, 0.1) is 5.82 Å². The van der Waals surface area contributed by atoms with Crippen LogP contribution in [0.1, 0.15) is 12.5 Å². The highest BCUT2D eigenvalue weighted by Crippen LogP contribution is 2.26. The van der Waals surface area contributed by atoms with E-state index in [9.17, 15) is 9.18 Å². The van der Waals surface area contributed by atoms with Gasteiger partial charge < -0.3 is 16.0 Å². The summed E-state index contributed by atoms with van der Waals surface area (Å²) in [6.07, 6.45) is 2.46. The van der Waals surface area contributed by atoms with Gasteiger partial charge in [0.05, 0.1) is 5.52 Å². The zero-order valence-electron chi connectivity index (χ0n) is 9.51. The first-order chi connectivity index (χ1) is 8.08. The molecule has 0 atom stereocenters. The summed E-state index contributed by atoms with van der Waals surface area (Å²) < 4.78 is 13.1. The Balaban J connectivity index is 2.26. The lowest BCUT2D eigenvalue weighted by molar-refractivity contribution is -0.118. The fourth-order valence-corrected chi connectivity index (χ4v) is 1.91. The molecule has 0 spiro atoms. The van der Waals surface area contributed by atoms with Gasteiger partial charge in [0.15, 0.2) is 0 Å². The molecule has 17 heavy (non-hydrogen) atoms. The lowest BCUT2D eigenvalue weighted by Crippen LogP contribution is -2.22. The van der Waals surface area contributed by atoms with E-state index in [1.54, 1.807) is 6.20 Å². The van der Waals surface area contributed by atoms with Gasteiger partial charge in [-0.2, -0.15) is 0 Å². The number of nitrogens with one attached hydrogen (secondary N) is 2. The first-order valence-electron chi connectivity index (χ1n) is 5.37. The maximum absolute atomic E-state index is 13.1. The second kappa shape index (κ2) is 4.45. The zero-order valence-corrected chi connectivity index (χ0v) is 9.51. The number of anilines is 1. The molecule has 0 unspecified atom stereocenters. The predicted molar refractivity (Wildman–Crippen MR) is 65.1 cm³/mol. The molecule has 4 N–H and O–H groups in total. The van der Waals surface area contributed by atoms with Crippen LogP contribution in [0.5, 0.6) is 0 Å². The molecule has 1 aromatic carbocycles. The molecule has 0 radical (unpaired) electrons. The summed E-state index contributed by atoms with van der Waals surface area (Å²) in [6.45, 7) is 2.01. The molecule has 0 fully saturated rings. The monoisotopic (exact) mass is 235 g/mol. The number of carbonyl (C=O) groups is 1. The van der Waals surface area contributed by atoms with Crippen LogP contribution in [0.4, 0.5) is 10.1 Å². The van der Waals surface area contributed by atoms with Crippen molar-refractivity contribution in [2.75, 3.05) is 12.3 Å². The second-order valence-corrected chi connectivity index (χ2v) is 3.96. The SMILES string of the molecule is CC(=O)NCCc1c[nH]c2cc(F)cc(N)c12. The Bertz CT molecular complexity index is 562. The van der Waals surface area contributed by atoms with Gasteiger partial charge in [-0.15, -0.1) is 0 Å². The largest absolute Gasteiger partial charge is 0.398 e. The predicted octanol–water partition coefficient (Wildman–Crippen LogP) is 1.57. The zero-order chi connectivity index (χ0) is 12.4. The summed E-state index contributed by atoms with van der Waals surface area (Å²) in [7, 11) is 0. The van der Waals surface area contributed by atoms with Crippen molar-refractivity contribution in [3.8, 4) is 0 Å². The number of fused-ring (bicyclic) bond motifs is 1. The quantitative estimate of drug-likeness (QED) is 0.707. The number of hydrogen-bond donors (Lipinski definition) is 3. The van der Waals surface area contributed by atoms with Gasteiger partial charge in [-0.25, -0.2) is 4.39 Å². The van der Waals surface area contributed by atoms with Gasteiger partial charge in [-0.05, 0) is 24.1 Å². The van der Waals surface area contributed by atoms with Crippen LogP contribution < -0.4 is 11.1 Å². The molecule has 0 aliphatic carbocycles. The fraction of sp³-hybridized carbons (Fsp3) is 0.250. The minimum absolute atomic E-state index is 0.0659. The summed E-state index contributed by atoms with van der Waals surface area (Å²) in [5.74, 6) is -0.422. The number of nitrogen functional groups attached to an aromatic ring is 1. The van der Waals surface area contributed by atoms with Crippen molar-refractivity contribution in [3.05, 3.63) is 29.7 Å². The maximum Gasteiger partial charge on any atom is 0.216 e. The number of nitrogens with two attached hydrogens (primary N) is 1. The van der Waals surface area contributed by atoms with Crippen LogP contribution in [0.15, 0.2) is 18.3 Å². The van der Waals surface area contributed by atoms with E-state index in [1.807, 2.05) is 0 Å². The average Bonchev–Trinajstić information content (AvgIpc) is 2.60. The highest BCUT2D eigenvalue weighted by Gasteiger charge is 2.08. The molecule has 2 aromatic rings. The van der Waals surface area contributed by atoms with Crippen molar-refractivity contribution in [2.24, 2.45) is 0 Å². The van der Waals surface area contributed by atoms with Crippen LogP contribution in [0.3, 0.4) is 0 Å². The van der Waals surface area contributed by atoms with Crippen LogP contribution in [-0.2, 0) is 11.2 Å². The van der Waals surface area contributed by atoms with E-state index in [2.05, 4.69) is 10.3 Å². The van der Waals surface area contributed by atoms with E-state index in [4.69, 9.17) is 5.73 Å². The number of H-pyrrole nitrogens is 1. The van der Waals surface area contributed by atoms with E-state index in [1.165, 1.54) is 19.1 Å². The minimum atomic E-state index is -0.356. The maximum atomic E-state index is 13.1. The fourth-order valence-electron chi connectivity index (χ4n) is 1.91. The summed E-state index contributed by atoms with van der Waals surface area (Å²) in [5, 5.41) is 3.54. The van der Waals surface area contributed by atoms with E-state index < -0.39 is 0 Å². The Morgan fingerprint density at radius 3 is 3.00 bits per heavy atom. The number of carbonyl (C=O) groups excluding carboxylic acids is 1. The molecule has 4 nitrogen and oxygen atoms in total. The molecule has 5 heteroatoms. The Morgan fingerprint density at radius 2 is 2.29 bits per heavy atom. The number of halogens is 1. The Hall–Kier alpha value is -2.04. The van der Waals surface area contributed by atoms with Crippen LogP contribution in [0.2, 0.25) is 0 Å². The number of rotatable bonds is 3. The van der Waals surface area contributed by atoms with Gasteiger partial charge in [-0.1, -0.05) is 0 Å². The topological polar surface area (TPSA) is 70.9 Å². The van der Waals surface area contributed by atoms with Gasteiger partial charge in [-0.3, -0.25) is 4.79 Å². The summed E-state index contributed by atoms with van der Waals surface area (Å²) in [5.41, 5.74) is 7.86. The number of aromatic amines is 1. The van der Waals surface area contributed by atoms with Crippen molar-refractivity contribution >= 4 is 22.5 Å². The third-order valence-corrected chi connectivity index (χ3v) is 2.62. The van der Waals surface area contributed by atoms with Crippen molar-refractivity contribution in [2.45, 2.75) is 13.3 Å². The van der Waals surface area contributed by atoms with Crippen molar-refractivity contribution in [1.29, 1.82) is 0 Å². The Morgan fingerprint density at radius 1 is 1.53 bits per heavy atom. The molecule has 0 bridgehead atoms. The third-order valence-electron chi connectivity index (χ3n) is 2.62. The highest BCUT2D eigenvalue weighted by atomic mass is 19.1. The van der Waals surface area contributed by atoms with Crippen molar-refractivity contribution < 1.29 is 9.18 Å². The Labute approximate surface area is 98.0 Å². The van der Waals surface area contributed by atoms with E-state index in [0.717, 1.165) is 10.9 Å². The molecule has 1 amide bonds. The van der Waals surface area contributed by atoms with Gasteiger partial charge in [0.1, 0.15) is 5.82 Å². The van der Waals surface area contributed by atoms with Gasteiger partial charge in [0.2, 0.25) is 5.91 Å². The molecule has 90 valence electrons. The van der Waals surface area contributed by atoms with Crippen LogP contribution in [0.25, 0.3) is 10.9 Å². The lowest BCUT2D eigenvalue weighted by Gasteiger charge is -2.03. The Kier molecular flexibility index (Phi) is 2.99. The first kappa shape index (κ1) is 11.4. The van der Waals surface area contributed by atoms with Crippen LogP contribution >= 0.6 is 0 Å². The summed E-state index contributed by atoms with van der Waals surface area (Å²) in [6, 6.07) is 2.71. The third kappa shape index (κ3) is 2.38. The highest BCUT2D eigenvalue weighted by molar-refractivity contribution is 5.94. The first-order valence-corrected chi connectivity index (χ1v) is 5.37. The smallest absolute Gasteiger partial charge is 0.216 e. The molecule has 0 saturated heterocycles. The standard InChI is InChI=1S/C12H14FN3O/c1-7(17)15-3-2-8-6-16-11-5-9(13)4-10(14)12(8)11/h4-6,16H,2-3,14H2,1H3,(H,15,17). The number of amides is 1. The molecule has 0 saturated carbocycles.